The van der Waals surface area contributed by atoms with E-state index in [2.05, 4.69) is 10.3 Å². The summed E-state index contributed by atoms with van der Waals surface area (Å²) in [5, 5.41) is 4.08. The molecule has 2 aromatic carbocycles. The molecule has 1 aliphatic rings. The fourth-order valence-corrected chi connectivity index (χ4v) is 4.40. The molecule has 0 aliphatic heterocycles. The van der Waals surface area contributed by atoms with Gasteiger partial charge in [0.05, 0.1) is 6.61 Å². The summed E-state index contributed by atoms with van der Waals surface area (Å²) in [5.74, 6) is -1.00. The molecule has 6 nitrogen and oxygen atoms in total. The van der Waals surface area contributed by atoms with Gasteiger partial charge >= 0.3 is 5.97 Å². The van der Waals surface area contributed by atoms with Gasteiger partial charge in [-0.05, 0) is 62.1 Å². The van der Waals surface area contributed by atoms with E-state index in [4.69, 9.17) is 9.15 Å². The average molecular weight is 425 g/mol. The minimum Gasteiger partial charge on any atom is -0.465 e. The van der Waals surface area contributed by atoms with E-state index in [1.165, 1.54) is 24.3 Å². The van der Waals surface area contributed by atoms with Gasteiger partial charge in [-0.3, -0.25) is 4.79 Å². The number of oxazole rings is 1. The van der Waals surface area contributed by atoms with Gasteiger partial charge in [-0.15, -0.1) is 0 Å². The number of nitrogens with one attached hydrogen (secondary N) is 1. The molecule has 2 heterocycles. The third-order valence-electron chi connectivity index (χ3n) is 5.70. The fourth-order valence-electron chi connectivity index (χ4n) is 4.40. The quantitative estimate of drug-likeness (QED) is 0.474. The summed E-state index contributed by atoms with van der Waals surface area (Å²) in [4.78, 5) is 16.5. The van der Waals surface area contributed by atoms with E-state index in [1.807, 2.05) is 4.57 Å². The van der Waals surface area contributed by atoms with Gasteiger partial charge in [0, 0.05) is 28.7 Å². The first-order valence-electron chi connectivity index (χ1n) is 10.3. The molecule has 0 unspecified atom stereocenters. The first-order valence-corrected chi connectivity index (χ1v) is 10.3. The molecule has 4 aromatic rings. The van der Waals surface area contributed by atoms with Crippen LogP contribution in [0.15, 0.2) is 40.8 Å². The second-order valence-electron chi connectivity index (χ2n) is 7.69. The Balaban J connectivity index is 1.46. The molecule has 8 heteroatoms. The highest BCUT2D eigenvalue weighted by atomic mass is 19.1. The number of carbonyl (C=O) groups excluding carboxylic acids is 1. The van der Waals surface area contributed by atoms with Crippen LogP contribution < -0.4 is 5.32 Å². The van der Waals surface area contributed by atoms with Crippen molar-refractivity contribution < 1.29 is 22.7 Å². The number of ether oxygens (including phenoxy) is 1. The Morgan fingerprint density at radius 2 is 2.06 bits per heavy atom. The number of hydrogen-bond acceptors (Lipinski definition) is 5. The van der Waals surface area contributed by atoms with Crippen LogP contribution in [0, 0.1) is 11.6 Å². The zero-order valence-corrected chi connectivity index (χ0v) is 17.0. The molecule has 0 bridgehead atoms. The molecule has 2 aromatic heterocycles. The third-order valence-corrected chi connectivity index (χ3v) is 5.70. The Hall–Kier alpha value is -3.42. The van der Waals surface area contributed by atoms with Crippen LogP contribution in [0.25, 0.3) is 22.0 Å². The molecule has 1 aliphatic carbocycles. The van der Waals surface area contributed by atoms with Crippen molar-refractivity contribution in [3.05, 3.63) is 59.3 Å². The van der Waals surface area contributed by atoms with Crippen LogP contribution in [0.3, 0.4) is 0 Å². The van der Waals surface area contributed by atoms with Crippen LogP contribution in [0.5, 0.6) is 0 Å². The summed E-state index contributed by atoms with van der Waals surface area (Å²) in [6, 6.07) is 9.17. The van der Waals surface area contributed by atoms with E-state index in [1.54, 1.807) is 19.1 Å². The number of halogens is 2. The Morgan fingerprint density at radius 3 is 2.90 bits per heavy atom. The number of rotatable bonds is 5. The lowest BCUT2D eigenvalue weighted by Gasteiger charge is -2.24. The number of anilines is 1. The van der Waals surface area contributed by atoms with Gasteiger partial charge in [-0.1, -0.05) is 0 Å². The lowest BCUT2D eigenvalue weighted by Crippen LogP contribution is -2.28. The number of benzene rings is 2. The summed E-state index contributed by atoms with van der Waals surface area (Å²) in [7, 11) is 0. The smallest absolute Gasteiger partial charge is 0.325 e. The average Bonchev–Trinajstić information content (AvgIpc) is 3.26. The Bertz CT molecular complexity index is 1290. The maximum atomic E-state index is 14.0. The molecule has 0 spiro atoms. The van der Waals surface area contributed by atoms with Crippen molar-refractivity contribution in [2.24, 2.45) is 0 Å². The SMILES string of the molecule is CCOC(=O)Cn1c2c(c3cc(F)ccc31)C[C@@H](Nc1nc3cc(F)ccc3o1)CC2. The van der Waals surface area contributed by atoms with E-state index in [0.29, 0.717) is 36.6 Å². The fraction of sp³-hybridized carbons (Fsp3) is 0.304. The molecule has 5 rings (SSSR count). The van der Waals surface area contributed by atoms with Gasteiger partial charge < -0.3 is 19.0 Å². The summed E-state index contributed by atoms with van der Waals surface area (Å²) < 4.78 is 40.2. The maximum Gasteiger partial charge on any atom is 0.325 e. The largest absolute Gasteiger partial charge is 0.465 e. The lowest BCUT2D eigenvalue weighted by atomic mass is 9.91. The maximum absolute atomic E-state index is 14.0. The van der Waals surface area contributed by atoms with Crippen molar-refractivity contribution in [2.45, 2.75) is 38.8 Å². The molecule has 0 saturated heterocycles. The van der Waals surface area contributed by atoms with E-state index < -0.39 is 0 Å². The van der Waals surface area contributed by atoms with E-state index in [9.17, 15) is 13.6 Å². The molecular formula is C23H21F2N3O3. The van der Waals surface area contributed by atoms with Crippen molar-refractivity contribution in [3.63, 3.8) is 0 Å². The number of fused-ring (bicyclic) bond motifs is 4. The van der Waals surface area contributed by atoms with Gasteiger partial charge in [0.15, 0.2) is 5.58 Å². The summed E-state index contributed by atoms with van der Waals surface area (Å²) in [6.45, 7) is 2.18. The third kappa shape index (κ3) is 3.62. The molecule has 0 saturated carbocycles. The first kappa shape index (κ1) is 19.5. The summed E-state index contributed by atoms with van der Waals surface area (Å²) in [6.07, 6.45) is 2.11. The topological polar surface area (TPSA) is 69.3 Å². The van der Waals surface area contributed by atoms with Crippen molar-refractivity contribution in [2.75, 3.05) is 11.9 Å². The Labute approximate surface area is 176 Å². The lowest BCUT2D eigenvalue weighted by molar-refractivity contribution is -0.143. The zero-order chi connectivity index (χ0) is 21.5. The molecule has 0 amide bonds. The number of nitrogens with zero attached hydrogens (tertiary/aromatic N) is 2. The molecule has 0 radical (unpaired) electrons. The predicted molar refractivity (Wildman–Crippen MR) is 112 cm³/mol. The number of hydrogen-bond donors (Lipinski definition) is 1. The van der Waals surface area contributed by atoms with Crippen molar-refractivity contribution in [1.82, 2.24) is 9.55 Å². The summed E-state index contributed by atoms with van der Waals surface area (Å²) >= 11 is 0. The van der Waals surface area contributed by atoms with Crippen molar-refractivity contribution >= 4 is 34.0 Å². The first-order chi connectivity index (χ1) is 15.0. The minimum atomic E-state index is -0.369. The molecular weight excluding hydrogens is 404 g/mol. The van der Waals surface area contributed by atoms with E-state index in [0.717, 1.165) is 28.6 Å². The highest BCUT2D eigenvalue weighted by Gasteiger charge is 2.27. The second-order valence-corrected chi connectivity index (χ2v) is 7.69. The van der Waals surface area contributed by atoms with Gasteiger partial charge in [0.1, 0.15) is 23.7 Å². The number of carbonyl (C=O) groups is 1. The molecule has 160 valence electrons. The van der Waals surface area contributed by atoms with E-state index >= 15 is 0 Å². The minimum absolute atomic E-state index is 0.00956. The van der Waals surface area contributed by atoms with Gasteiger partial charge in [-0.2, -0.15) is 4.98 Å². The number of aromatic nitrogens is 2. The van der Waals surface area contributed by atoms with Crippen LogP contribution >= 0.6 is 0 Å². The van der Waals surface area contributed by atoms with Crippen LogP contribution in [0.4, 0.5) is 14.8 Å². The molecule has 1 N–H and O–H groups in total. The monoisotopic (exact) mass is 425 g/mol. The van der Waals surface area contributed by atoms with Gasteiger partial charge in [-0.25, -0.2) is 8.78 Å². The Kier molecular flexibility index (Phi) is 4.84. The summed E-state index contributed by atoms with van der Waals surface area (Å²) in [5.41, 5.74) is 3.80. The van der Waals surface area contributed by atoms with E-state index in [-0.39, 0.29) is 30.2 Å². The standard InChI is InChI=1S/C23H21F2N3O3/c1-2-30-22(29)12-28-19-6-3-13(24)9-16(19)17-11-15(5-7-20(17)28)26-23-27-18-10-14(25)4-8-21(18)31-23/h3-4,6,8-10,15H,2,5,7,11-12H2,1H3,(H,26,27)/t15-/m0/s1. The van der Waals surface area contributed by atoms with Crippen LogP contribution in [-0.2, 0) is 28.9 Å². The van der Waals surface area contributed by atoms with Crippen LogP contribution in [0.2, 0.25) is 0 Å². The normalized spacial score (nSPS) is 15.9. The highest BCUT2D eigenvalue weighted by Crippen LogP contribution is 2.34. The zero-order valence-electron chi connectivity index (χ0n) is 17.0. The molecule has 0 fully saturated rings. The van der Waals surface area contributed by atoms with Crippen LogP contribution in [0.1, 0.15) is 24.6 Å². The van der Waals surface area contributed by atoms with Gasteiger partial charge in [0.25, 0.3) is 6.01 Å². The predicted octanol–water partition coefficient (Wildman–Crippen LogP) is 4.59. The number of esters is 1. The second kappa shape index (κ2) is 7.68. The van der Waals surface area contributed by atoms with Crippen molar-refractivity contribution in [1.29, 1.82) is 0 Å². The molecule has 1 atom stereocenters. The Morgan fingerprint density at radius 1 is 1.26 bits per heavy atom. The van der Waals surface area contributed by atoms with Crippen molar-refractivity contribution in [3.8, 4) is 0 Å². The highest BCUT2D eigenvalue weighted by molar-refractivity contribution is 5.87. The van der Waals surface area contributed by atoms with Crippen LogP contribution in [-0.4, -0.2) is 28.2 Å². The molecule has 31 heavy (non-hydrogen) atoms. The van der Waals surface area contributed by atoms with Gasteiger partial charge in [0.2, 0.25) is 0 Å².